The first-order valence-corrected chi connectivity index (χ1v) is 13.0. The van der Waals surface area contributed by atoms with Crippen LogP contribution in [0.2, 0.25) is 5.02 Å². The summed E-state index contributed by atoms with van der Waals surface area (Å²) >= 11 is 9.17. The first-order valence-electron chi connectivity index (χ1n) is 10.8. The zero-order valence-corrected chi connectivity index (χ0v) is 20.9. The molecule has 1 fully saturated rings. The van der Waals surface area contributed by atoms with Crippen LogP contribution in [0.25, 0.3) is 10.2 Å². The SMILES string of the molecule is CC(=C1C(=O)N(c2nc3ccccc3s2)N=C1CSc1ccc(Cl)cc1)N1CCN(C)CC1. The topological polar surface area (TPSA) is 52.0 Å². The van der Waals surface area contributed by atoms with Gasteiger partial charge in [0.25, 0.3) is 5.91 Å². The van der Waals surface area contributed by atoms with Crippen LogP contribution in [0, 0.1) is 0 Å². The molecule has 3 heterocycles. The summed E-state index contributed by atoms with van der Waals surface area (Å²) in [5.74, 6) is 0.493. The predicted octanol–water partition coefficient (Wildman–Crippen LogP) is 4.97. The Morgan fingerprint density at radius 1 is 1.09 bits per heavy atom. The number of nitrogens with zero attached hydrogens (tertiary/aromatic N) is 5. The number of hydrogen-bond acceptors (Lipinski definition) is 7. The molecule has 6 nitrogen and oxygen atoms in total. The summed E-state index contributed by atoms with van der Waals surface area (Å²) < 4.78 is 1.04. The monoisotopic (exact) mass is 497 g/mol. The molecule has 0 saturated carbocycles. The number of aromatic nitrogens is 1. The highest BCUT2D eigenvalue weighted by atomic mass is 35.5. The molecule has 2 aliphatic rings. The summed E-state index contributed by atoms with van der Waals surface area (Å²) in [5, 5.41) is 7.59. The molecule has 0 aliphatic carbocycles. The number of anilines is 1. The number of carbonyl (C=O) groups excluding carboxylic acids is 1. The third-order valence-corrected chi connectivity index (χ3v) is 8.20. The summed E-state index contributed by atoms with van der Waals surface area (Å²) in [6.45, 7) is 5.80. The van der Waals surface area contributed by atoms with Crippen LogP contribution in [-0.4, -0.2) is 65.4 Å². The van der Waals surface area contributed by atoms with Crippen molar-refractivity contribution in [3.63, 3.8) is 0 Å². The highest BCUT2D eigenvalue weighted by Crippen LogP contribution is 2.34. The maximum absolute atomic E-state index is 13.7. The van der Waals surface area contributed by atoms with Crippen LogP contribution in [0.3, 0.4) is 0 Å². The quantitative estimate of drug-likeness (QED) is 0.368. The largest absolute Gasteiger partial charge is 0.372 e. The molecule has 3 aromatic rings. The van der Waals surface area contributed by atoms with E-state index in [1.165, 1.54) is 16.3 Å². The number of thiazole rings is 1. The Hall–Kier alpha value is -2.39. The van der Waals surface area contributed by atoms with Crippen molar-refractivity contribution >= 4 is 61.7 Å². The third kappa shape index (κ3) is 4.66. The van der Waals surface area contributed by atoms with Crippen LogP contribution in [0.15, 0.2) is 69.8 Å². The number of para-hydroxylation sites is 1. The van der Waals surface area contributed by atoms with Crippen molar-refractivity contribution in [1.82, 2.24) is 14.8 Å². The van der Waals surface area contributed by atoms with Gasteiger partial charge in [0.15, 0.2) is 0 Å². The van der Waals surface area contributed by atoms with E-state index in [2.05, 4.69) is 21.8 Å². The molecule has 2 aliphatic heterocycles. The molecule has 9 heteroatoms. The van der Waals surface area contributed by atoms with Crippen LogP contribution in [0.1, 0.15) is 6.92 Å². The number of thioether (sulfide) groups is 1. The van der Waals surface area contributed by atoms with Gasteiger partial charge in [-0.15, -0.1) is 11.8 Å². The number of allylic oxidation sites excluding steroid dienone is 1. The van der Waals surface area contributed by atoms with Crippen molar-refractivity contribution in [2.45, 2.75) is 11.8 Å². The number of hydrazone groups is 1. The van der Waals surface area contributed by atoms with E-state index < -0.39 is 0 Å². The Morgan fingerprint density at radius 2 is 1.82 bits per heavy atom. The van der Waals surface area contributed by atoms with Gasteiger partial charge in [0, 0.05) is 47.5 Å². The number of hydrogen-bond donors (Lipinski definition) is 0. The Bertz CT molecular complexity index is 1210. The first-order chi connectivity index (χ1) is 16.0. The lowest BCUT2D eigenvalue weighted by Gasteiger charge is -2.35. The maximum Gasteiger partial charge on any atom is 0.284 e. The molecule has 1 aromatic heterocycles. The van der Waals surface area contributed by atoms with E-state index in [0.717, 1.165) is 52.7 Å². The lowest BCUT2D eigenvalue weighted by atomic mass is 10.1. The number of halogens is 1. The Morgan fingerprint density at radius 3 is 2.55 bits per heavy atom. The molecule has 0 bridgehead atoms. The summed E-state index contributed by atoms with van der Waals surface area (Å²) in [6, 6.07) is 15.7. The van der Waals surface area contributed by atoms with Gasteiger partial charge in [0.1, 0.15) is 0 Å². The van der Waals surface area contributed by atoms with Crippen molar-refractivity contribution in [1.29, 1.82) is 0 Å². The third-order valence-electron chi connectivity index (χ3n) is 5.91. The van der Waals surface area contributed by atoms with Crippen molar-refractivity contribution in [2.24, 2.45) is 5.10 Å². The first kappa shape index (κ1) is 22.4. The zero-order chi connectivity index (χ0) is 22.9. The summed E-state index contributed by atoms with van der Waals surface area (Å²) in [4.78, 5) is 24.0. The normalized spacial score (nSPS) is 18.9. The van der Waals surface area contributed by atoms with E-state index >= 15 is 0 Å². The predicted molar refractivity (Wildman–Crippen MR) is 138 cm³/mol. The van der Waals surface area contributed by atoms with Crippen LogP contribution in [-0.2, 0) is 4.79 Å². The number of rotatable bonds is 5. The van der Waals surface area contributed by atoms with E-state index in [1.54, 1.807) is 11.8 Å². The van der Waals surface area contributed by atoms with E-state index in [1.807, 2.05) is 55.5 Å². The molecule has 0 atom stereocenters. The summed E-state index contributed by atoms with van der Waals surface area (Å²) in [7, 11) is 2.13. The lowest BCUT2D eigenvalue weighted by Crippen LogP contribution is -2.44. The van der Waals surface area contributed by atoms with E-state index in [4.69, 9.17) is 16.7 Å². The molecular weight excluding hydrogens is 474 g/mol. The number of amides is 1. The highest BCUT2D eigenvalue weighted by Gasteiger charge is 2.36. The van der Waals surface area contributed by atoms with Crippen LogP contribution < -0.4 is 5.01 Å². The van der Waals surface area contributed by atoms with Crippen LogP contribution in [0.4, 0.5) is 5.13 Å². The molecule has 2 aromatic carbocycles. The molecule has 0 N–H and O–H groups in total. The standard InChI is InChI=1S/C24H24ClN5OS2/c1-16(29-13-11-28(2)12-14-29)22-20(15-32-18-9-7-17(25)8-10-18)27-30(23(22)31)24-26-19-5-3-4-6-21(19)33-24/h3-10H,11-15H2,1-2H3. The fourth-order valence-corrected chi connectivity index (χ4v) is 5.85. The van der Waals surface area contributed by atoms with Gasteiger partial charge in [-0.3, -0.25) is 4.79 Å². The number of carbonyl (C=O) groups is 1. The molecule has 0 radical (unpaired) electrons. The zero-order valence-electron chi connectivity index (χ0n) is 18.5. The second-order valence-electron chi connectivity index (χ2n) is 8.12. The summed E-state index contributed by atoms with van der Waals surface area (Å²) in [6.07, 6.45) is 0. The molecule has 0 unspecified atom stereocenters. The minimum Gasteiger partial charge on any atom is -0.372 e. The molecule has 0 spiro atoms. The maximum atomic E-state index is 13.7. The van der Waals surface area contributed by atoms with Crippen molar-refractivity contribution in [3.05, 3.63) is 64.8 Å². The highest BCUT2D eigenvalue weighted by molar-refractivity contribution is 8.00. The molecule has 170 valence electrons. The Labute approximate surface area is 206 Å². The van der Waals surface area contributed by atoms with E-state index in [9.17, 15) is 4.79 Å². The second-order valence-corrected chi connectivity index (χ2v) is 10.6. The molecule has 1 amide bonds. The lowest BCUT2D eigenvalue weighted by molar-refractivity contribution is -0.114. The van der Waals surface area contributed by atoms with E-state index in [0.29, 0.717) is 21.5 Å². The van der Waals surface area contributed by atoms with Gasteiger partial charge < -0.3 is 9.80 Å². The number of fused-ring (bicyclic) bond motifs is 1. The van der Waals surface area contributed by atoms with Crippen molar-refractivity contribution in [3.8, 4) is 0 Å². The second kappa shape index (κ2) is 9.46. The Kier molecular flexibility index (Phi) is 6.42. The van der Waals surface area contributed by atoms with Gasteiger partial charge in [-0.2, -0.15) is 10.1 Å². The van der Waals surface area contributed by atoms with Gasteiger partial charge in [0.2, 0.25) is 5.13 Å². The molecular formula is C24H24ClN5OS2. The van der Waals surface area contributed by atoms with Gasteiger partial charge in [-0.05, 0) is 50.4 Å². The van der Waals surface area contributed by atoms with Gasteiger partial charge in [-0.1, -0.05) is 35.1 Å². The number of piperazine rings is 1. The van der Waals surface area contributed by atoms with Crippen molar-refractivity contribution in [2.75, 3.05) is 44.0 Å². The molecule has 1 saturated heterocycles. The fourth-order valence-electron chi connectivity index (χ4n) is 3.97. The molecule has 5 rings (SSSR count). The average molecular weight is 498 g/mol. The summed E-state index contributed by atoms with van der Waals surface area (Å²) in [5.41, 5.74) is 3.36. The average Bonchev–Trinajstić information content (AvgIpc) is 3.39. The van der Waals surface area contributed by atoms with Crippen molar-refractivity contribution < 1.29 is 4.79 Å². The number of likely N-dealkylation sites (N-methyl/N-ethyl adjacent to an activating group) is 1. The Balaban J connectivity index is 1.48. The van der Waals surface area contributed by atoms with Crippen LogP contribution >= 0.6 is 34.7 Å². The van der Waals surface area contributed by atoms with Gasteiger partial charge in [0.05, 0.1) is 21.5 Å². The fraction of sp³-hybridized carbons (Fsp3) is 0.292. The minimum atomic E-state index is -0.0998. The van der Waals surface area contributed by atoms with Gasteiger partial charge in [-0.25, -0.2) is 4.98 Å². The molecule has 33 heavy (non-hydrogen) atoms. The van der Waals surface area contributed by atoms with Gasteiger partial charge >= 0.3 is 0 Å². The van der Waals surface area contributed by atoms with E-state index in [-0.39, 0.29) is 5.91 Å². The number of benzene rings is 2. The smallest absolute Gasteiger partial charge is 0.284 e. The van der Waals surface area contributed by atoms with Crippen LogP contribution in [0.5, 0.6) is 0 Å². The minimum absolute atomic E-state index is 0.0998.